The van der Waals surface area contributed by atoms with Crippen molar-refractivity contribution in [1.82, 2.24) is 15.0 Å². The molecule has 2 aromatic heterocycles. The van der Waals surface area contributed by atoms with Gasteiger partial charge in [-0.25, -0.2) is 28.5 Å². The van der Waals surface area contributed by atoms with Gasteiger partial charge in [-0.1, -0.05) is 49.4 Å². The van der Waals surface area contributed by atoms with Gasteiger partial charge in [-0.3, -0.25) is 0 Å². The fourth-order valence-electron chi connectivity index (χ4n) is 4.35. The predicted molar refractivity (Wildman–Crippen MR) is 155 cm³/mol. The van der Waals surface area contributed by atoms with Crippen LogP contribution in [0.3, 0.4) is 0 Å². The molecule has 5 rings (SSSR count). The summed E-state index contributed by atoms with van der Waals surface area (Å²) >= 11 is 1.69. The van der Waals surface area contributed by atoms with Gasteiger partial charge in [0.2, 0.25) is 16.0 Å². The topological polar surface area (TPSA) is 131 Å². The first-order valence-corrected chi connectivity index (χ1v) is 15.0. The van der Waals surface area contributed by atoms with E-state index in [0.29, 0.717) is 37.3 Å². The Morgan fingerprint density at radius 3 is 2.36 bits per heavy atom. The molecule has 0 radical (unpaired) electrons. The second-order valence-electron chi connectivity index (χ2n) is 9.30. The number of sulfonamides is 1. The molecule has 0 spiro atoms. The number of benzene rings is 3. The van der Waals surface area contributed by atoms with Crippen LogP contribution in [0.2, 0.25) is 0 Å². The minimum absolute atomic E-state index is 0.287. The van der Waals surface area contributed by atoms with Gasteiger partial charge in [0.1, 0.15) is 10.6 Å². The van der Waals surface area contributed by atoms with Gasteiger partial charge in [0.15, 0.2) is 0 Å². The number of nitrogens with one attached hydrogen (secondary N) is 1. The highest BCUT2D eigenvalue weighted by atomic mass is 32.2. The number of hydrogen-bond donors (Lipinski definition) is 3. The summed E-state index contributed by atoms with van der Waals surface area (Å²) in [6.45, 7) is 2.61. The third-order valence-electron chi connectivity index (χ3n) is 6.33. The van der Waals surface area contributed by atoms with E-state index in [0.717, 1.165) is 33.9 Å². The molecule has 0 saturated heterocycles. The van der Waals surface area contributed by atoms with Gasteiger partial charge in [0.25, 0.3) is 0 Å². The van der Waals surface area contributed by atoms with Gasteiger partial charge in [-0.15, -0.1) is 11.3 Å². The van der Waals surface area contributed by atoms with Crippen LogP contribution in [0.1, 0.15) is 40.0 Å². The van der Waals surface area contributed by atoms with Crippen molar-refractivity contribution >= 4 is 37.5 Å². The SMILES string of the molecule is CCc1ccc2nc(Cc3cc(Cc4ccccc4)nc(NCCc4ccc(O)c(S(N)(=O)=O)c4)n3)sc2c1. The molecule has 39 heavy (non-hydrogen) atoms. The molecule has 8 nitrogen and oxygen atoms in total. The van der Waals surface area contributed by atoms with Gasteiger partial charge < -0.3 is 10.4 Å². The number of nitrogens with two attached hydrogens (primary N) is 1. The molecule has 0 atom stereocenters. The summed E-state index contributed by atoms with van der Waals surface area (Å²) in [6.07, 6.45) is 2.73. The van der Waals surface area contributed by atoms with E-state index in [4.69, 9.17) is 20.1 Å². The van der Waals surface area contributed by atoms with Gasteiger partial charge >= 0.3 is 0 Å². The van der Waals surface area contributed by atoms with Crippen LogP contribution in [-0.4, -0.2) is 35.0 Å². The number of hydrogen-bond acceptors (Lipinski definition) is 8. The number of aryl methyl sites for hydroxylation is 1. The van der Waals surface area contributed by atoms with Crippen LogP contribution < -0.4 is 10.5 Å². The molecule has 5 aromatic rings. The van der Waals surface area contributed by atoms with E-state index < -0.39 is 10.0 Å². The van der Waals surface area contributed by atoms with Crippen LogP contribution in [0.25, 0.3) is 10.2 Å². The van der Waals surface area contributed by atoms with Crippen LogP contribution in [0.4, 0.5) is 5.95 Å². The maximum Gasteiger partial charge on any atom is 0.241 e. The summed E-state index contributed by atoms with van der Waals surface area (Å²) in [7, 11) is -4.02. The molecule has 0 bridgehead atoms. The standard InChI is InChI=1S/C29H29N5O3S2/c1-2-19-8-10-24-26(15-19)38-28(34-24)18-23-17-22(14-20-6-4-3-5-7-20)32-29(33-23)31-13-12-21-9-11-25(35)27(16-21)39(30,36)37/h3-11,15-17,35H,2,12-14,18H2,1H3,(H2,30,36,37)(H,31,32,33). The maximum absolute atomic E-state index is 11.7. The van der Waals surface area contributed by atoms with Crippen molar-refractivity contribution in [3.63, 3.8) is 0 Å². The largest absolute Gasteiger partial charge is 0.507 e. The summed E-state index contributed by atoms with van der Waals surface area (Å²) in [5.74, 6) is 0.134. The number of rotatable bonds is 10. The molecule has 0 fully saturated rings. The lowest BCUT2D eigenvalue weighted by Crippen LogP contribution is -2.14. The minimum atomic E-state index is -4.02. The molecular weight excluding hydrogens is 530 g/mol. The van der Waals surface area contributed by atoms with Crippen molar-refractivity contribution in [3.05, 3.63) is 106 Å². The number of aromatic hydroxyl groups is 1. The zero-order valence-corrected chi connectivity index (χ0v) is 23.1. The lowest BCUT2D eigenvalue weighted by molar-refractivity contribution is 0.458. The molecule has 0 aliphatic rings. The zero-order valence-electron chi connectivity index (χ0n) is 21.5. The average Bonchev–Trinajstić information content (AvgIpc) is 3.30. The molecule has 0 unspecified atom stereocenters. The molecule has 0 aliphatic carbocycles. The van der Waals surface area contributed by atoms with Crippen molar-refractivity contribution in [2.45, 2.75) is 37.5 Å². The van der Waals surface area contributed by atoms with Gasteiger partial charge in [-0.2, -0.15) is 0 Å². The van der Waals surface area contributed by atoms with E-state index in [1.165, 1.54) is 22.4 Å². The number of anilines is 1. The number of thiazole rings is 1. The number of aromatic nitrogens is 3. The Morgan fingerprint density at radius 1 is 0.872 bits per heavy atom. The van der Waals surface area contributed by atoms with E-state index in [-0.39, 0.29) is 10.6 Å². The molecular formula is C29H29N5O3S2. The molecule has 4 N–H and O–H groups in total. The molecule has 0 amide bonds. The first kappa shape index (κ1) is 26.7. The summed E-state index contributed by atoms with van der Waals surface area (Å²) in [5.41, 5.74) is 5.92. The molecule has 10 heteroatoms. The van der Waals surface area contributed by atoms with Crippen molar-refractivity contribution in [1.29, 1.82) is 0 Å². The van der Waals surface area contributed by atoms with E-state index in [1.807, 2.05) is 24.3 Å². The van der Waals surface area contributed by atoms with Gasteiger partial charge in [0, 0.05) is 19.4 Å². The molecule has 0 saturated carbocycles. The fourth-order valence-corrected chi connectivity index (χ4v) is 6.07. The first-order chi connectivity index (χ1) is 18.8. The second kappa shape index (κ2) is 11.5. The lowest BCUT2D eigenvalue weighted by atomic mass is 10.1. The first-order valence-electron chi connectivity index (χ1n) is 12.6. The Balaban J connectivity index is 1.37. The number of primary sulfonamides is 1. The summed E-state index contributed by atoms with van der Waals surface area (Å²) in [6, 6.07) is 23.0. The number of phenols is 1. The van der Waals surface area contributed by atoms with Crippen LogP contribution in [0, 0.1) is 0 Å². The van der Waals surface area contributed by atoms with Crippen LogP contribution in [0.5, 0.6) is 5.75 Å². The van der Waals surface area contributed by atoms with Gasteiger partial charge in [-0.05, 0) is 59.9 Å². The van der Waals surface area contributed by atoms with Crippen LogP contribution in [0.15, 0.2) is 77.7 Å². The quantitative estimate of drug-likeness (QED) is 0.223. The molecule has 200 valence electrons. The third-order valence-corrected chi connectivity index (χ3v) is 8.28. The highest BCUT2D eigenvalue weighted by molar-refractivity contribution is 7.89. The Bertz CT molecular complexity index is 1720. The zero-order chi connectivity index (χ0) is 27.4. The summed E-state index contributed by atoms with van der Waals surface area (Å²) in [5, 5.41) is 19.3. The Kier molecular flexibility index (Phi) is 7.87. The van der Waals surface area contributed by atoms with Crippen molar-refractivity contribution < 1.29 is 13.5 Å². The number of fused-ring (bicyclic) bond motifs is 1. The number of phenolic OH excluding ortho intramolecular Hbond substituents is 1. The van der Waals surface area contributed by atoms with Crippen LogP contribution in [-0.2, 0) is 35.7 Å². The molecule has 3 aromatic carbocycles. The maximum atomic E-state index is 11.7. The molecule has 0 aliphatic heterocycles. The second-order valence-corrected chi connectivity index (χ2v) is 11.9. The smallest absolute Gasteiger partial charge is 0.241 e. The highest BCUT2D eigenvalue weighted by Crippen LogP contribution is 2.26. The monoisotopic (exact) mass is 559 g/mol. The van der Waals surface area contributed by atoms with Crippen molar-refractivity contribution in [2.75, 3.05) is 11.9 Å². The van der Waals surface area contributed by atoms with Crippen LogP contribution >= 0.6 is 11.3 Å². The fraction of sp³-hybridized carbons (Fsp3) is 0.207. The molecule has 2 heterocycles. The van der Waals surface area contributed by atoms with E-state index in [1.54, 1.807) is 17.4 Å². The van der Waals surface area contributed by atoms with E-state index in [2.05, 4.69) is 42.6 Å². The Hall–Kier alpha value is -3.86. The van der Waals surface area contributed by atoms with Crippen molar-refractivity contribution in [2.24, 2.45) is 5.14 Å². The summed E-state index contributed by atoms with van der Waals surface area (Å²) < 4.78 is 24.7. The third kappa shape index (κ3) is 6.78. The minimum Gasteiger partial charge on any atom is -0.507 e. The Morgan fingerprint density at radius 2 is 1.62 bits per heavy atom. The van der Waals surface area contributed by atoms with E-state index in [9.17, 15) is 13.5 Å². The lowest BCUT2D eigenvalue weighted by Gasteiger charge is -2.11. The van der Waals surface area contributed by atoms with Gasteiger partial charge in [0.05, 0.1) is 26.6 Å². The van der Waals surface area contributed by atoms with Crippen molar-refractivity contribution in [3.8, 4) is 5.75 Å². The Labute approximate surface area is 231 Å². The predicted octanol–water partition coefficient (Wildman–Crippen LogP) is 4.84. The van der Waals surface area contributed by atoms with E-state index >= 15 is 0 Å². The highest BCUT2D eigenvalue weighted by Gasteiger charge is 2.15. The summed E-state index contributed by atoms with van der Waals surface area (Å²) in [4.78, 5) is 14.0. The normalized spacial score (nSPS) is 11.6. The average molecular weight is 560 g/mol. The number of nitrogens with zero attached hydrogens (tertiary/aromatic N) is 3.